The first-order valence-electron chi connectivity index (χ1n) is 7.21. The normalized spacial score (nSPS) is 10.5. The van der Waals surface area contributed by atoms with Crippen molar-refractivity contribution >= 4 is 17.6 Å². The summed E-state index contributed by atoms with van der Waals surface area (Å²) < 4.78 is 4.89. The number of nitrogens with one attached hydrogen (secondary N) is 1. The number of carbonyl (C=O) groups excluding carboxylic acids is 2. The smallest absolute Gasteiger partial charge is 0.320 e. The number of carbonyl (C=O) groups is 2. The quantitative estimate of drug-likeness (QED) is 0.782. The van der Waals surface area contributed by atoms with Gasteiger partial charge in [0.1, 0.15) is 0 Å². The minimum Gasteiger partial charge on any atom is -0.465 e. The Morgan fingerprint density at radius 1 is 1.14 bits per heavy atom. The van der Waals surface area contributed by atoms with Crippen molar-refractivity contribution in [1.82, 2.24) is 4.90 Å². The maximum atomic E-state index is 12.0. The van der Waals surface area contributed by atoms with Gasteiger partial charge in [-0.15, -0.1) is 0 Å². The number of hydrogen-bond acceptors (Lipinski definition) is 4. The SMILES string of the molecule is CCOC(=O)CN(CC)CC(=O)Nc1ccc(C)c(C)c1. The van der Waals surface area contributed by atoms with Crippen molar-refractivity contribution in [1.29, 1.82) is 0 Å². The molecule has 5 heteroatoms. The third-order valence-electron chi connectivity index (χ3n) is 3.26. The lowest BCUT2D eigenvalue weighted by Gasteiger charge is -2.18. The number of hydrogen-bond donors (Lipinski definition) is 1. The van der Waals surface area contributed by atoms with Crippen molar-refractivity contribution in [2.24, 2.45) is 0 Å². The molecule has 0 aliphatic heterocycles. The number of nitrogens with zero attached hydrogens (tertiary/aromatic N) is 1. The van der Waals surface area contributed by atoms with Gasteiger partial charge in [-0.2, -0.15) is 0 Å². The molecule has 1 aromatic rings. The van der Waals surface area contributed by atoms with Crippen LogP contribution in [0.2, 0.25) is 0 Å². The molecule has 0 radical (unpaired) electrons. The van der Waals surface area contributed by atoms with E-state index in [9.17, 15) is 9.59 Å². The summed E-state index contributed by atoms with van der Waals surface area (Å²) in [5, 5.41) is 2.85. The van der Waals surface area contributed by atoms with Gasteiger partial charge in [-0.05, 0) is 50.6 Å². The third-order valence-corrected chi connectivity index (χ3v) is 3.26. The molecule has 21 heavy (non-hydrogen) atoms. The summed E-state index contributed by atoms with van der Waals surface area (Å²) in [6, 6.07) is 5.79. The molecule has 0 heterocycles. The maximum Gasteiger partial charge on any atom is 0.320 e. The van der Waals surface area contributed by atoms with Crippen LogP contribution in [0, 0.1) is 13.8 Å². The highest BCUT2D eigenvalue weighted by Gasteiger charge is 2.13. The first-order valence-corrected chi connectivity index (χ1v) is 7.21. The van der Waals surface area contributed by atoms with Crippen molar-refractivity contribution in [2.45, 2.75) is 27.7 Å². The first-order chi connectivity index (χ1) is 9.96. The fourth-order valence-corrected chi connectivity index (χ4v) is 1.89. The largest absolute Gasteiger partial charge is 0.465 e. The Morgan fingerprint density at radius 2 is 1.86 bits per heavy atom. The molecule has 0 saturated carbocycles. The molecule has 0 aliphatic carbocycles. The zero-order chi connectivity index (χ0) is 15.8. The Bertz CT molecular complexity index is 500. The molecule has 1 aromatic carbocycles. The molecular formula is C16H24N2O3. The van der Waals surface area contributed by atoms with Crippen LogP contribution >= 0.6 is 0 Å². The van der Waals surface area contributed by atoms with E-state index in [4.69, 9.17) is 4.74 Å². The van der Waals surface area contributed by atoms with Gasteiger partial charge in [-0.25, -0.2) is 0 Å². The van der Waals surface area contributed by atoms with Crippen LogP contribution in [0.25, 0.3) is 0 Å². The second-order valence-corrected chi connectivity index (χ2v) is 4.96. The Labute approximate surface area is 126 Å². The third kappa shape index (κ3) is 5.95. The summed E-state index contributed by atoms with van der Waals surface area (Å²) in [6.45, 7) is 8.96. The van der Waals surface area contributed by atoms with Gasteiger partial charge >= 0.3 is 5.97 Å². The van der Waals surface area contributed by atoms with E-state index in [1.807, 2.05) is 39.0 Å². The van der Waals surface area contributed by atoms with Crippen LogP contribution < -0.4 is 5.32 Å². The molecule has 116 valence electrons. The van der Waals surface area contributed by atoms with Gasteiger partial charge in [0, 0.05) is 5.69 Å². The fourth-order valence-electron chi connectivity index (χ4n) is 1.89. The van der Waals surface area contributed by atoms with E-state index in [0.29, 0.717) is 13.2 Å². The van der Waals surface area contributed by atoms with Crippen LogP contribution in [-0.2, 0) is 14.3 Å². The number of benzene rings is 1. The van der Waals surface area contributed by atoms with E-state index >= 15 is 0 Å². The molecule has 0 aliphatic rings. The van der Waals surface area contributed by atoms with Crippen LogP contribution in [0.5, 0.6) is 0 Å². The van der Waals surface area contributed by atoms with Crippen LogP contribution in [-0.4, -0.2) is 43.0 Å². The number of likely N-dealkylation sites (N-methyl/N-ethyl adjacent to an activating group) is 1. The second-order valence-electron chi connectivity index (χ2n) is 4.96. The summed E-state index contributed by atoms with van der Waals surface area (Å²) in [5.74, 6) is -0.442. The highest BCUT2D eigenvalue weighted by Crippen LogP contribution is 2.14. The Kier molecular flexibility index (Phi) is 6.88. The van der Waals surface area contributed by atoms with Gasteiger partial charge in [-0.3, -0.25) is 14.5 Å². The lowest BCUT2D eigenvalue weighted by molar-refractivity contribution is -0.144. The number of ether oxygens (including phenoxy) is 1. The highest BCUT2D eigenvalue weighted by molar-refractivity contribution is 5.92. The van der Waals surface area contributed by atoms with Crippen molar-refractivity contribution in [2.75, 3.05) is 31.6 Å². The standard InChI is InChI=1S/C16H24N2O3/c1-5-18(11-16(20)21-6-2)10-15(19)17-14-8-7-12(3)13(4)9-14/h7-9H,5-6,10-11H2,1-4H3,(H,17,19). The lowest BCUT2D eigenvalue weighted by atomic mass is 10.1. The minimum atomic E-state index is -0.307. The van der Waals surface area contributed by atoms with Gasteiger partial charge < -0.3 is 10.1 Å². The molecule has 0 bridgehead atoms. The predicted molar refractivity (Wildman–Crippen MR) is 83.3 cm³/mol. The van der Waals surface area contributed by atoms with Crippen LogP contribution in [0.4, 0.5) is 5.69 Å². The minimum absolute atomic E-state index is 0.130. The zero-order valence-electron chi connectivity index (χ0n) is 13.2. The number of anilines is 1. The van der Waals surface area contributed by atoms with Crippen molar-refractivity contribution in [3.63, 3.8) is 0 Å². The van der Waals surface area contributed by atoms with Gasteiger partial charge in [0.05, 0.1) is 19.7 Å². The molecule has 0 spiro atoms. The number of rotatable bonds is 7. The fraction of sp³-hybridized carbons (Fsp3) is 0.500. The van der Waals surface area contributed by atoms with E-state index in [-0.39, 0.29) is 25.0 Å². The van der Waals surface area contributed by atoms with Crippen molar-refractivity contribution < 1.29 is 14.3 Å². The first kappa shape index (κ1) is 17.2. The lowest BCUT2D eigenvalue weighted by Crippen LogP contribution is -2.37. The predicted octanol–water partition coefficient (Wildman–Crippen LogP) is 2.13. The van der Waals surface area contributed by atoms with Gasteiger partial charge in [-0.1, -0.05) is 13.0 Å². The summed E-state index contributed by atoms with van der Waals surface area (Å²) in [6.07, 6.45) is 0. The van der Waals surface area contributed by atoms with Gasteiger partial charge in [0.25, 0.3) is 0 Å². The van der Waals surface area contributed by atoms with E-state index in [2.05, 4.69) is 5.32 Å². The molecule has 1 N–H and O–H groups in total. The Balaban J connectivity index is 2.54. The average molecular weight is 292 g/mol. The van der Waals surface area contributed by atoms with E-state index < -0.39 is 0 Å². The van der Waals surface area contributed by atoms with Crippen LogP contribution in [0.15, 0.2) is 18.2 Å². The number of esters is 1. The molecule has 5 nitrogen and oxygen atoms in total. The average Bonchev–Trinajstić information content (AvgIpc) is 2.42. The molecule has 0 atom stereocenters. The van der Waals surface area contributed by atoms with Crippen LogP contribution in [0.1, 0.15) is 25.0 Å². The summed E-state index contributed by atoms with van der Waals surface area (Å²) in [7, 11) is 0. The van der Waals surface area contributed by atoms with E-state index in [1.165, 1.54) is 5.56 Å². The Morgan fingerprint density at radius 3 is 2.43 bits per heavy atom. The molecular weight excluding hydrogens is 268 g/mol. The monoisotopic (exact) mass is 292 g/mol. The maximum absolute atomic E-state index is 12.0. The Hall–Kier alpha value is -1.88. The van der Waals surface area contributed by atoms with Gasteiger partial charge in [0.2, 0.25) is 5.91 Å². The van der Waals surface area contributed by atoms with Crippen molar-refractivity contribution in [3.8, 4) is 0 Å². The summed E-state index contributed by atoms with van der Waals surface area (Å²) in [5.41, 5.74) is 3.09. The highest BCUT2D eigenvalue weighted by atomic mass is 16.5. The number of amides is 1. The summed E-state index contributed by atoms with van der Waals surface area (Å²) in [4.78, 5) is 25.2. The van der Waals surface area contributed by atoms with Crippen molar-refractivity contribution in [3.05, 3.63) is 29.3 Å². The summed E-state index contributed by atoms with van der Waals surface area (Å²) >= 11 is 0. The molecule has 0 unspecified atom stereocenters. The van der Waals surface area contributed by atoms with Crippen LogP contribution in [0.3, 0.4) is 0 Å². The molecule has 1 rings (SSSR count). The van der Waals surface area contributed by atoms with Gasteiger partial charge in [0.15, 0.2) is 0 Å². The van der Waals surface area contributed by atoms with E-state index in [0.717, 1.165) is 11.3 Å². The number of aryl methyl sites for hydroxylation is 2. The van der Waals surface area contributed by atoms with E-state index in [1.54, 1.807) is 11.8 Å². The topological polar surface area (TPSA) is 58.6 Å². The molecule has 1 amide bonds. The molecule has 0 saturated heterocycles. The molecule has 0 fully saturated rings. The molecule has 0 aromatic heterocycles. The second kappa shape index (κ2) is 8.42. The zero-order valence-corrected chi connectivity index (χ0v) is 13.2.